The van der Waals surface area contributed by atoms with Gasteiger partial charge in [-0.25, -0.2) is 16.8 Å². The molecule has 1 aromatic rings. The Kier molecular flexibility index (Phi) is 5.78. The van der Waals surface area contributed by atoms with Crippen molar-refractivity contribution in [3.63, 3.8) is 0 Å². The van der Waals surface area contributed by atoms with Crippen molar-refractivity contribution in [1.29, 1.82) is 10.5 Å². The molecular formula is C16H17ClN2O4S2. The molecule has 1 saturated heterocycles. The first-order valence-corrected chi connectivity index (χ1v) is 11.3. The molecule has 0 aromatic heterocycles. The Morgan fingerprint density at radius 2 is 1.40 bits per heavy atom. The molecule has 0 aliphatic carbocycles. The largest absolute Gasteiger partial charge is 0.227 e. The predicted molar refractivity (Wildman–Crippen MR) is 94.2 cm³/mol. The Morgan fingerprint density at radius 3 is 1.80 bits per heavy atom. The highest BCUT2D eigenvalue weighted by atomic mass is 35.5. The fraction of sp³-hybridized carbons (Fsp3) is 0.500. The molecule has 1 heterocycles. The second kappa shape index (κ2) is 7.33. The lowest BCUT2D eigenvalue weighted by Crippen LogP contribution is -2.54. The molecule has 0 radical (unpaired) electrons. The highest BCUT2D eigenvalue weighted by Crippen LogP contribution is 2.43. The molecular weight excluding hydrogens is 384 g/mol. The summed E-state index contributed by atoms with van der Waals surface area (Å²) in [5, 5.41) is 18.1. The number of sulfone groups is 2. The van der Waals surface area contributed by atoms with Crippen LogP contribution >= 0.6 is 11.6 Å². The van der Waals surface area contributed by atoms with Crippen molar-refractivity contribution < 1.29 is 16.8 Å². The van der Waals surface area contributed by atoms with E-state index in [4.69, 9.17) is 22.1 Å². The van der Waals surface area contributed by atoms with Gasteiger partial charge in [0.1, 0.15) is 0 Å². The van der Waals surface area contributed by atoms with Crippen LogP contribution in [-0.4, -0.2) is 32.4 Å². The van der Waals surface area contributed by atoms with E-state index in [2.05, 4.69) is 0 Å². The number of nitrogens with zero attached hydrogens (tertiary/aromatic N) is 2. The molecule has 0 amide bonds. The standard InChI is InChI=1S/C16H17ClN2O4S2/c17-15-5-3-13(4-6-15)14-11-24(20,21)16(7-1-9-18,8-2-10-19)25(22,23)12-14/h3-6,14H,1-2,7-8,11-12H2. The lowest BCUT2D eigenvalue weighted by molar-refractivity contribution is 0.496. The van der Waals surface area contributed by atoms with E-state index < -0.39 is 29.7 Å². The molecule has 1 aliphatic rings. The van der Waals surface area contributed by atoms with Crippen LogP contribution in [-0.2, 0) is 19.7 Å². The summed E-state index contributed by atoms with van der Waals surface area (Å²) in [5.41, 5.74) is 0.589. The molecule has 0 saturated carbocycles. The van der Waals surface area contributed by atoms with Crippen LogP contribution in [0, 0.1) is 22.7 Å². The van der Waals surface area contributed by atoms with Gasteiger partial charge in [0.25, 0.3) is 0 Å². The van der Waals surface area contributed by atoms with Crippen molar-refractivity contribution in [2.75, 3.05) is 11.5 Å². The van der Waals surface area contributed by atoms with Gasteiger partial charge in [-0.15, -0.1) is 0 Å². The Balaban J connectivity index is 2.50. The van der Waals surface area contributed by atoms with Crippen LogP contribution in [0.4, 0.5) is 0 Å². The number of hydrogen-bond acceptors (Lipinski definition) is 6. The molecule has 9 heteroatoms. The Labute approximate surface area is 152 Å². The van der Waals surface area contributed by atoms with Gasteiger partial charge in [0.15, 0.2) is 23.8 Å². The molecule has 0 N–H and O–H groups in total. The number of hydrogen-bond donors (Lipinski definition) is 0. The summed E-state index contributed by atoms with van der Waals surface area (Å²) in [6.45, 7) is 0. The minimum absolute atomic E-state index is 0.199. The molecule has 1 fully saturated rings. The average molecular weight is 401 g/mol. The lowest BCUT2D eigenvalue weighted by atomic mass is 10.0. The van der Waals surface area contributed by atoms with Gasteiger partial charge in [0, 0.05) is 23.8 Å². The van der Waals surface area contributed by atoms with Crippen LogP contribution in [0.3, 0.4) is 0 Å². The van der Waals surface area contributed by atoms with Crippen molar-refractivity contribution in [2.24, 2.45) is 0 Å². The first kappa shape index (κ1) is 19.7. The van der Waals surface area contributed by atoms with E-state index in [9.17, 15) is 16.8 Å². The van der Waals surface area contributed by atoms with E-state index >= 15 is 0 Å². The maximum atomic E-state index is 13.0. The molecule has 2 rings (SSSR count). The van der Waals surface area contributed by atoms with E-state index in [1.807, 2.05) is 12.1 Å². The summed E-state index contributed by atoms with van der Waals surface area (Å²) < 4.78 is 49.8. The van der Waals surface area contributed by atoms with Crippen LogP contribution < -0.4 is 0 Å². The van der Waals surface area contributed by atoms with Crippen molar-refractivity contribution in [1.82, 2.24) is 0 Å². The van der Waals surface area contributed by atoms with Crippen LogP contribution in [0.2, 0.25) is 5.02 Å². The van der Waals surface area contributed by atoms with Gasteiger partial charge in [-0.2, -0.15) is 10.5 Å². The normalized spacial score (nSPS) is 21.1. The highest BCUT2D eigenvalue weighted by Gasteiger charge is 2.58. The van der Waals surface area contributed by atoms with Gasteiger partial charge in [-0.05, 0) is 30.5 Å². The topological polar surface area (TPSA) is 116 Å². The summed E-state index contributed by atoms with van der Waals surface area (Å²) in [6.07, 6.45) is -1.00. The van der Waals surface area contributed by atoms with E-state index in [-0.39, 0.29) is 37.2 Å². The van der Waals surface area contributed by atoms with E-state index in [1.54, 1.807) is 24.3 Å². The van der Waals surface area contributed by atoms with Gasteiger partial charge in [-0.1, -0.05) is 23.7 Å². The Morgan fingerprint density at radius 1 is 0.960 bits per heavy atom. The van der Waals surface area contributed by atoms with Crippen molar-refractivity contribution >= 4 is 31.3 Å². The first-order valence-electron chi connectivity index (χ1n) is 7.63. The lowest BCUT2D eigenvalue weighted by Gasteiger charge is -2.38. The van der Waals surface area contributed by atoms with Crippen LogP contribution in [0.15, 0.2) is 24.3 Å². The molecule has 1 aliphatic heterocycles. The summed E-state index contributed by atoms with van der Waals surface area (Å²) in [5.74, 6) is -1.35. The smallest absolute Gasteiger partial charge is 0.175 e. The zero-order valence-electron chi connectivity index (χ0n) is 13.4. The summed E-state index contributed by atoms with van der Waals surface area (Å²) >= 11 is 5.82. The molecule has 0 atom stereocenters. The number of benzene rings is 1. The second-order valence-corrected chi connectivity index (χ2v) is 11.4. The third-order valence-electron chi connectivity index (χ3n) is 4.55. The van der Waals surface area contributed by atoms with Crippen LogP contribution in [0.5, 0.6) is 0 Å². The van der Waals surface area contributed by atoms with Gasteiger partial charge < -0.3 is 0 Å². The summed E-state index contributed by atoms with van der Waals surface area (Å²) in [6, 6.07) is 10.0. The third kappa shape index (κ3) is 3.67. The molecule has 0 unspecified atom stereocenters. The monoisotopic (exact) mass is 400 g/mol. The molecule has 134 valence electrons. The Bertz CT molecular complexity index is 870. The molecule has 0 spiro atoms. The predicted octanol–water partition coefficient (Wildman–Crippen LogP) is 2.57. The minimum atomic E-state index is -4.07. The van der Waals surface area contributed by atoms with Gasteiger partial charge in [0.2, 0.25) is 0 Å². The van der Waals surface area contributed by atoms with E-state index in [1.165, 1.54) is 0 Å². The van der Waals surface area contributed by atoms with E-state index in [0.717, 1.165) is 0 Å². The molecule has 1 aromatic carbocycles. The first-order chi connectivity index (χ1) is 11.7. The Hall–Kier alpha value is -1.61. The zero-order chi connectivity index (χ0) is 18.7. The number of halogens is 1. The summed E-state index contributed by atoms with van der Waals surface area (Å²) in [4.78, 5) is 0. The van der Waals surface area contributed by atoms with Crippen molar-refractivity contribution in [3.05, 3.63) is 34.9 Å². The third-order valence-corrected chi connectivity index (χ3v) is 11.1. The molecule has 0 bridgehead atoms. The number of nitriles is 2. The van der Waals surface area contributed by atoms with Gasteiger partial charge in [-0.3, -0.25) is 0 Å². The fourth-order valence-electron chi connectivity index (χ4n) is 3.24. The van der Waals surface area contributed by atoms with Gasteiger partial charge in [0.05, 0.1) is 23.6 Å². The average Bonchev–Trinajstić information content (AvgIpc) is 2.53. The maximum absolute atomic E-state index is 13.0. The zero-order valence-corrected chi connectivity index (χ0v) is 15.7. The fourth-order valence-corrected chi connectivity index (χ4v) is 9.41. The number of rotatable bonds is 5. The van der Waals surface area contributed by atoms with Crippen molar-refractivity contribution in [2.45, 2.75) is 35.7 Å². The SMILES string of the molecule is N#CCCC1(CCC#N)S(=O)(=O)CC(c2ccc(Cl)cc2)CS1(=O)=O. The maximum Gasteiger partial charge on any atom is 0.175 e. The molecule has 25 heavy (non-hydrogen) atoms. The quantitative estimate of drug-likeness (QED) is 0.749. The summed E-state index contributed by atoms with van der Waals surface area (Å²) in [7, 11) is -8.14. The van der Waals surface area contributed by atoms with Crippen LogP contribution in [0.25, 0.3) is 0 Å². The highest BCUT2D eigenvalue weighted by molar-refractivity contribution is 8.11. The minimum Gasteiger partial charge on any atom is -0.227 e. The van der Waals surface area contributed by atoms with Gasteiger partial charge >= 0.3 is 0 Å². The van der Waals surface area contributed by atoms with Crippen LogP contribution in [0.1, 0.15) is 37.2 Å². The van der Waals surface area contributed by atoms with Crippen molar-refractivity contribution in [3.8, 4) is 12.1 Å². The van der Waals surface area contributed by atoms with E-state index in [0.29, 0.717) is 10.6 Å². The molecule has 6 nitrogen and oxygen atoms in total. The second-order valence-electron chi connectivity index (χ2n) is 6.04.